The number of imidazole rings is 1. The second-order valence-corrected chi connectivity index (χ2v) is 4.70. The van der Waals surface area contributed by atoms with Crippen LogP contribution in [0, 0.1) is 6.92 Å². The van der Waals surface area contributed by atoms with Crippen molar-refractivity contribution in [1.29, 1.82) is 0 Å². The Balaban J connectivity index is 2.08. The van der Waals surface area contributed by atoms with Gasteiger partial charge in [-0.25, -0.2) is 4.98 Å². The van der Waals surface area contributed by atoms with Crippen LogP contribution in [0.5, 0.6) is 5.75 Å². The molecule has 0 aliphatic heterocycles. The van der Waals surface area contributed by atoms with Crippen molar-refractivity contribution >= 4 is 5.69 Å². The van der Waals surface area contributed by atoms with Crippen molar-refractivity contribution in [3.05, 3.63) is 42.0 Å². The lowest BCUT2D eigenvalue weighted by Gasteiger charge is -2.14. The molecule has 19 heavy (non-hydrogen) atoms. The van der Waals surface area contributed by atoms with Gasteiger partial charge in [0.25, 0.3) is 0 Å². The predicted octanol–water partition coefficient (Wildman–Crippen LogP) is 3.13. The molecule has 1 aromatic heterocycles. The lowest BCUT2D eigenvalue weighted by molar-refractivity contribution is 0.318. The first kappa shape index (κ1) is 13.5. The van der Waals surface area contributed by atoms with Gasteiger partial charge < -0.3 is 14.6 Å². The molecule has 4 heteroatoms. The van der Waals surface area contributed by atoms with Crippen molar-refractivity contribution in [2.75, 3.05) is 11.9 Å². The number of anilines is 1. The van der Waals surface area contributed by atoms with E-state index in [2.05, 4.69) is 42.3 Å². The molecule has 0 fully saturated rings. The summed E-state index contributed by atoms with van der Waals surface area (Å²) in [7, 11) is 1.99. The molecule has 0 aliphatic rings. The Morgan fingerprint density at radius 3 is 2.89 bits per heavy atom. The minimum Gasteiger partial charge on any atom is -0.491 e. The van der Waals surface area contributed by atoms with E-state index in [0.717, 1.165) is 36.7 Å². The quantitative estimate of drug-likeness (QED) is 0.866. The van der Waals surface area contributed by atoms with Crippen molar-refractivity contribution in [3.63, 3.8) is 0 Å². The number of nitrogens with zero attached hydrogens (tertiary/aromatic N) is 2. The van der Waals surface area contributed by atoms with Crippen LogP contribution in [-0.4, -0.2) is 16.2 Å². The fourth-order valence-corrected chi connectivity index (χ4v) is 1.85. The number of rotatable bonds is 6. The molecule has 0 spiro atoms. The van der Waals surface area contributed by atoms with Crippen LogP contribution in [0.2, 0.25) is 0 Å². The molecule has 0 aliphatic carbocycles. The Labute approximate surface area is 114 Å². The van der Waals surface area contributed by atoms with E-state index in [0.29, 0.717) is 0 Å². The third kappa shape index (κ3) is 3.50. The molecule has 0 bridgehead atoms. The Kier molecular flexibility index (Phi) is 4.44. The zero-order valence-corrected chi connectivity index (χ0v) is 11.8. The Hall–Kier alpha value is -1.97. The van der Waals surface area contributed by atoms with Crippen LogP contribution >= 0.6 is 0 Å². The van der Waals surface area contributed by atoms with Crippen molar-refractivity contribution in [1.82, 2.24) is 9.55 Å². The molecule has 1 heterocycles. The van der Waals surface area contributed by atoms with E-state index in [1.807, 2.05) is 17.8 Å². The molecule has 0 radical (unpaired) electrons. The molecule has 0 unspecified atom stereocenters. The van der Waals surface area contributed by atoms with E-state index in [9.17, 15) is 0 Å². The van der Waals surface area contributed by atoms with Gasteiger partial charge in [0.15, 0.2) is 0 Å². The summed E-state index contributed by atoms with van der Waals surface area (Å²) in [4.78, 5) is 4.11. The summed E-state index contributed by atoms with van der Waals surface area (Å²) in [6.45, 7) is 5.66. The Bertz CT molecular complexity index is 534. The fourth-order valence-electron chi connectivity index (χ4n) is 1.85. The lowest BCUT2D eigenvalue weighted by Crippen LogP contribution is -2.06. The number of aryl methyl sites for hydroxylation is 2. The number of hydrogen-bond donors (Lipinski definition) is 1. The summed E-state index contributed by atoms with van der Waals surface area (Å²) >= 11 is 0. The lowest BCUT2D eigenvalue weighted by atomic mass is 10.2. The highest BCUT2D eigenvalue weighted by Crippen LogP contribution is 2.26. The molecular formula is C15H21N3O. The van der Waals surface area contributed by atoms with E-state index >= 15 is 0 Å². The molecule has 102 valence electrons. The Morgan fingerprint density at radius 1 is 1.37 bits per heavy atom. The van der Waals surface area contributed by atoms with Gasteiger partial charge in [0, 0.05) is 13.2 Å². The van der Waals surface area contributed by atoms with E-state index < -0.39 is 0 Å². The van der Waals surface area contributed by atoms with Gasteiger partial charge in [0.1, 0.15) is 5.75 Å². The third-order valence-corrected chi connectivity index (χ3v) is 2.98. The maximum Gasteiger partial charge on any atom is 0.142 e. The molecule has 4 nitrogen and oxygen atoms in total. The van der Waals surface area contributed by atoms with Gasteiger partial charge in [-0.2, -0.15) is 0 Å². The minimum atomic E-state index is 0.738. The average Bonchev–Trinajstić information content (AvgIpc) is 2.81. The maximum absolute atomic E-state index is 5.78. The van der Waals surface area contributed by atoms with E-state index in [-0.39, 0.29) is 0 Å². The summed E-state index contributed by atoms with van der Waals surface area (Å²) < 4.78 is 7.79. The second kappa shape index (κ2) is 6.27. The average molecular weight is 259 g/mol. The third-order valence-electron chi connectivity index (χ3n) is 2.98. The topological polar surface area (TPSA) is 39.1 Å². The summed E-state index contributed by atoms with van der Waals surface area (Å²) in [6.07, 6.45) is 4.68. The molecule has 2 aromatic rings. The number of nitrogens with one attached hydrogen (secondary N) is 1. The zero-order valence-electron chi connectivity index (χ0n) is 11.8. The highest BCUT2D eigenvalue weighted by Gasteiger charge is 2.05. The van der Waals surface area contributed by atoms with Crippen LogP contribution in [-0.2, 0) is 13.6 Å². The number of benzene rings is 1. The molecule has 2 rings (SSSR count). The summed E-state index contributed by atoms with van der Waals surface area (Å²) in [6, 6.07) is 6.22. The summed E-state index contributed by atoms with van der Waals surface area (Å²) in [5.41, 5.74) is 3.37. The molecule has 0 amide bonds. The van der Waals surface area contributed by atoms with Crippen LogP contribution in [0.3, 0.4) is 0 Å². The second-order valence-electron chi connectivity index (χ2n) is 4.70. The van der Waals surface area contributed by atoms with Crippen LogP contribution in [0.15, 0.2) is 30.7 Å². The van der Waals surface area contributed by atoms with E-state index in [1.165, 1.54) is 5.56 Å². The van der Waals surface area contributed by atoms with Crippen LogP contribution < -0.4 is 10.1 Å². The van der Waals surface area contributed by atoms with Crippen molar-refractivity contribution in [2.45, 2.75) is 26.8 Å². The first-order valence-corrected chi connectivity index (χ1v) is 6.63. The zero-order chi connectivity index (χ0) is 13.7. The van der Waals surface area contributed by atoms with Gasteiger partial charge in [-0.3, -0.25) is 0 Å². The SMILES string of the molecule is CCCOc1cc(C)ccc1NCc1cncn1C. The van der Waals surface area contributed by atoms with Gasteiger partial charge in [0.2, 0.25) is 0 Å². The van der Waals surface area contributed by atoms with Crippen LogP contribution in [0.25, 0.3) is 0 Å². The standard InChI is InChI=1S/C15H21N3O/c1-4-7-19-15-8-12(2)5-6-14(15)17-10-13-9-16-11-18(13)3/h5-6,8-9,11,17H,4,7,10H2,1-3H3. The van der Waals surface area contributed by atoms with Gasteiger partial charge in [-0.1, -0.05) is 13.0 Å². The van der Waals surface area contributed by atoms with E-state index in [4.69, 9.17) is 4.74 Å². The van der Waals surface area contributed by atoms with Crippen molar-refractivity contribution in [3.8, 4) is 5.75 Å². The smallest absolute Gasteiger partial charge is 0.142 e. The number of ether oxygens (including phenoxy) is 1. The first-order valence-electron chi connectivity index (χ1n) is 6.63. The monoisotopic (exact) mass is 259 g/mol. The van der Waals surface area contributed by atoms with Gasteiger partial charge >= 0.3 is 0 Å². The van der Waals surface area contributed by atoms with Crippen molar-refractivity contribution < 1.29 is 4.74 Å². The van der Waals surface area contributed by atoms with Gasteiger partial charge in [0.05, 0.1) is 30.9 Å². The predicted molar refractivity (Wildman–Crippen MR) is 77.5 cm³/mol. The number of aromatic nitrogens is 2. The van der Waals surface area contributed by atoms with E-state index in [1.54, 1.807) is 6.33 Å². The summed E-state index contributed by atoms with van der Waals surface area (Å²) in [5.74, 6) is 0.920. The number of hydrogen-bond acceptors (Lipinski definition) is 3. The van der Waals surface area contributed by atoms with Crippen molar-refractivity contribution in [2.24, 2.45) is 7.05 Å². The highest BCUT2D eigenvalue weighted by atomic mass is 16.5. The maximum atomic E-state index is 5.78. The molecule has 0 atom stereocenters. The largest absolute Gasteiger partial charge is 0.491 e. The highest BCUT2D eigenvalue weighted by molar-refractivity contribution is 5.57. The molecule has 0 saturated heterocycles. The minimum absolute atomic E-state index is 0.738. The van der Waals surface area contributed by atoms with Gasteiger partial charge in [-0.15, -0.1) is 0 Å². The first-order chi connectivity index (χ1) is 9.20. The summed E-state index contributed by atoms with van der Waals surface area (Å²) in [5, 5.41) is 3.41. The molecule has 1 N–H and O–H groups in total. The van der Waals surface area contributed by atoms with Crippen LogP contribution in [0.4, 0.5) is 5.69 Å². The molecule has 0 saturated carbocycles. The van der Waals surface area contributed by atoms with Gasteiger partial charge in [-0.05, 0) is 31.0 Å². The Morgan fingerprint density at radius 2 is 2.21 bits per heavy atom. The molecular weight excluding hydrogens is 238 g/mol. The fraction of sp³-hybridized carbons (Fsp3) is 0.400. The normalized spacial score (nSPS) is 10.5. The molecule has 1 aromatic carbocycles. The van der Waals surface area contributed by atoms with Crippen LogP contribution in [0.1, 0.15) is 24.6 Å².